The number of carbonyl (C=O) groups excluding carboxylic acids is 1. The van der Waals surface area contributed by atoms with Gasteiger partial charge in [-0.3, -0.25) is 28.2 Å². The van der Waals surface area contributed by atoms with Crippen molar-refractivity contribution in [2.75, 3.05) is 24.6 Å². The van der Waals surface area contributed by atoms with Crippen molar-refractivity contribution < 1.29 is 9.18 Å². The van der Waals surface area contributed by atoms with Crippen LogP contribution < -0.4 is 17.0 Å². The third-order valence-corrected chi connectivity index (χ3v) is 6.85. The molecule has 2 N–H and O–H groups in total. The summed E-state index contributed by atoms with van der Waals surface area (Å²) in [5.41, 5.74) is 5.00. The Bertz CT molecular complexity index is 1320. The first-order valence-corrected chi connectivity index (χ1v) is 11.9. The van der Waals surface area contributed by atoms with Crippen LogP contribution in [0, 0.1) is 5.82 Å². The molecule has 0 bridgehead atoms. The van der Waals surface area contributed by atoms with Gasteiger partial charge in [0.1, 0.15) is 17.2 Å². The van der Waals surface area contributed by atoms with Crippen LogP contribution in [0.2, 0.25) is 0 Å². The number of hydrogen-bond acceptors (Lipinski definition) is 8. The average molecular weight is 488 g/mol. The molecule has 0 aliphatic carbocycles. The van der Waals surface area contributed by atoms with Crippen molar-refractivity contribution in [3.8, 4) is 5.69 Å². The molecule has 12 heteroatoms. The number of benzene rings is 1. The lowest BCUT2D eigenvalue weighted by Gasteiger charge is -2.26. The molecule has 3 heterocycles. The number of rotatable bonds is 7. The highest BCUT2D eigenvalue weighted by molar-refractivity contribution is 7.99. The van der Waals surface area contributed by atoms with Crippen molar-refractivity contribution in [3.63, 3.8) is 0 Å². The van der Waals surface area contributed by atoms with Gasteiger partial charge >= 0.3 is 5.69 Å². The smallest absolute Gasteiger partial charge is 0.332 e. The number of nitrogen functional groups attached to an aromatic ring is 1. The van der Waals surface area contributed by atoms with E-state index >= 15 is 0 Å². The van der Waals surface area contributed by atoms with Crippen LogP contribution in [0.25, 0.3) is 5.69 Å². The number of nitrogens with zero attached hydrogens (tertiary/aromatic N) is 6. The highest BCUT2D eigenvalue weighted by Crippen LogP contribution is 2.25. The predicted molar refractivity (Wildman–Crippen MR) is 127 cm³/mol. The van der Waals surface area contributed by atoms with Crippen molar-refractivity contribution in [2.45, 2.75) is 31.0 Å². The lowest BCUT2D eigenvalue weighted by Crippen LogP contribution is -2.41. The molecule has 0 atom stereocenters. The normalized spacial score (nSPS) is 14.4. The van der Waals surface area contributed by atoms with Crippen LogP contribution >= 0.6 is 11.8 Å². The zero-order valence-corrected chi connectivity index (χ0v) is 19.8. The van der Waals surface area contributed by atoms with Gasteiger partial charge in [0.05, 0.1) is 12.3 Å². The van der Waals surface area contributed by atoms with Crippen LogP contribution in [-0.4, -0.2) is 53.4 Å². The summed E-state index contributed by atoms with van der Waals surface area (Å²) in [4.78, 5) is 39.8. The van der Waals surface area contributed by atoms with E-state index in [1.54, 1.807) is 16.7 Å². The molecule has 3 aromatic rings. The highest BCUT2D eigenvalue weighted by atomic mass is 32.2. The van der Waals surface area contributed by atoms with E-state index in [1.807, 2.05) is 0 Å². The van der Waals surface area contributed by atoms with E-state index in [2.05, 4.69) is 15.1 Å². The summed E-state index contributed by atoms with van der Waals surface area (Å²) in [6.45, 7) is 2.51. The minimum Gasteiger partial charge on any atom is -0.384 e. The molecule has 1 saturated heterocycles. The number of likely N-dealkylation sites (tertiary alicyclic amines) is 1. The van der Waals surface area contributed by atoms with Gasteiger partial charge in [-0.15, -0.1) is 10.2 Å². The molecule has 1 aliphatic rings. The number of Topliss-reactive ketones (excluding diaryl/α,β-unsaturated/α-hetero) is 1. The number of carbonyl (C=O) groups is 1. The second kappa shape index (κ2) is 9.94. The summed E-state index contributed by atoms with van der Waals surface area (Å²) in [5, 5.41) is 9.05. The molecule has 0 spiro atoms. The highest BCUT2D eigenvalue weighted by Gasteiger charge is 2.23. The Balaban J connectivity index is 1.63. The fourth-order valence-corrected chi connectivity index (χ4v) is 4.83. The Morgan fingerprint density at radius 3 is 2.41 bits per heavy atom. The molecule has 34 heavy (non-hydrogen) atoms. The first-order valence-electron chi connectivity index (χ1n) is 10.9. The van der Waals surface area contributed by atoms with Gasteiger partial charge < -0.3 is 5.73 Å². The number of aromatic nitrogens is 5. The molecular weight excluding hydrogens is 461 g/mol. The molecule has 180 valence electrons. The number of piperidine rings is 1. The van der Waals surface area contributed by atoms with E-state index in [0.717, 1.165) is 46.8 Å². The zero-order chi connectivity index (χ0) is 24.4. The maximum absolute atomic E-state index is 13.5. The molecule has 0 unspecified atom stereocenters. The minimum atomic E-state index is -0.739. The number of nitrogens with two attached hydrogens (primary N) is 1. The summed E-state index contributed by atoms with van der Waals surface area (Å²) < 4.78 is 17.3. The van der Waals surface area contributed by atoms with Gasteiger partial charge in [-0.1, -0.05) is 18.2 Å². The SMILES string of the molecule is Cn1c(N)c(C(=O)CSc2nnc(CN3CCCCC3)n2-c2ccc(F)cc2)c(=O)n(C)c1=O. The molecule has 4 rings (SSSR count). The number of hydrogen-bond donors (Lipinski definition) is 1. The predicted octanol–water partition coefficient (Wildman–Crippen LogP) is 1.35. The van der Waals surface area contributed by atoms with E-state index in [9.17, 15) is 18.8 Å². The third kappa shape index (κ3) is 4.68. The second-order valence-electron chi connectivity index (χ2n) is 8.23. The quantitative estimate of drug-likeness (QED) is 0.392. The molecule has 0 amide bonds. The summed E-state index contributed by atoms with van der Waals surface area (Å²) in [5.74, 6) is -0.518. The van der Waals surface area contributed by atoms with Crippen molar-refractivity contribution in [3.05, 3.63) is 62.3 Å². The maximum Gasteiger partial charge on any atom is 0.332 e. The topological polar surface area (TPSA) is 121 Å². The van der Waals surface area contributed by atoms with Crippen LogP contribution in [0.15, 0.2) is 39.0 Å². The first kappa shape index (κ1) is 23.9. The molecule has 10 nitrogen and oxygen atoms in total. The molecule has 1 fully saturated rings. The summed E-state index contributed by atoms with van der Waals surface area (Å²) in [6.07, 6.45) is 3.45. The van der Waals surface area contributed by atoms with Crippen LogP contribution in [0.4, 0.5) is 10.2 Å². The van der Waals surface area contributed by atoms with E-state index in [0.29, 0.717) is 23.2 Å². The molecular formula is C22H26FN7O3S. The zero-order valence-electron chi connectivity index (χ0n) is 19.0. The van der Waals surface area contributed by atoms with Crippen molar-refractivity contribution >= 4 is 23.4 Å². The van der Waals surface area contributed by atoms with Crippen LogP contribution in [0.1, 0.15) is 35.4 Å². The van der Waals surface area contributed by atoms with Gasteiger partial charge in [0.2, 0.25) is 0 Å². The fraction of sp³-hybridized carbons (Fsp3) is 0.409. The average Bonchev–Trinajstić information content (AvgIpc) is 3.23. The molecule has 0 radical (unpaired) electrons. The van der Waals surface area contributed by atoms with Crippen LogP contribution in [0.3, 0.4) is 0 Å². The largest absolute Gasteiger partial charge is 0.384 e. The van der Waals surface area contributed by atoms with Crippen molar-refractivity contribution in [1.82, 2.24) is 28.8 Å². The van der Waals surface area contributed by atoms with E-state index in [4.69, 9.17) is 5.73 Å². The van der Waals surface area contributed by atoms with Crippen LogP contribution in [0.5, 0.6) is 0 Å². The van der Waals surface area contributed by atoms with E-state index in [1.165, 1.54) is 32.6 Å². The number of halogens is 1. The first-order chi connectivity index (χ1) is 16.3. The van der Waals surface area contributed by atoms with Gasteiger partial charge in [-0.25, -0.2) is 9.18 Å². The minimum absolute atomic E-state index is 0.138. The van der Waals surface area contributed by atoms with Gasteiger partial charge in [0.15, 0.2) is 16.8 Å². The van der Waals surface area contributed by atoms with Crippen molar-refractivity contribution in [2.24, 2.45) is 14.1 Å². The Labute approximate surface area is 199 Å². The van der Waals surface area contributed by atoms with Gasteiger partial charge in [-0.05, 0) is 50.2 Å². The number of anilines is 1. The Hall–Kier alpha value is -3.25. The molecule has 0 saturated carbocycles. The van der Waals surface area contributed by atoms with Gasteiger partial charge in [0, 0.05) is 19.8 Å². The number of ketones is 1. The lowest BCUT2D eigenvalue weighted by atomic mass is 10.1. The van der Waals surface area contributed by atoms with Crippen molar-refractivity contribution in [1.29, 1.82) is 0 Å². The summed E-state index contributed by atoms with van der Waals surface area (Å²) in [7, 11) is 2.70. The van der Waals surface area contributed by atoms with E-state index in [-0.39, 0.29) is 23.0 Å². The standard InChI is InChI=1S/C22H26FN7O3S/c1-27-19(24)18(20(32)28(2)22(27)33)16(31)13-34-21-26-25-17(12-29-10-4-3-5-11-29)30(21)15-8-6-14(23)7-9-15/h6-9H,3-5,10-13,24H2,1-2H3. The summed E-state index contributed by atoms with van der Waals surface area (Å²) in [6, 6.07) is 5.97. The monoisotopic (exact) mass is 487 g/mol. The van der Waals surface area contributed by atoms with E-state index < -0.39 is 17.0 Å². The number of thioether (sulfide) groups is 1. The van der Waals surface area contributed by atoms with Gasteiger partial charge in [-0.2, -0.15) is 0 Å². The second-order valence-corrected chi connectivity index (χ2v) is 9.17. The van der Waals surface area contributed by atoms with Gasteiger partial charge in [0.25, 0.3) is 5.56 Å². The Morgan fingerprint density at radius 2 is 1.74 bits per heavy atom. The Kier molecular flexibility index (Phi) is 6.98. The molecule has 1 aromatic carbocycles. The molecule has 2 aromatic heterocycles. The fourth-order valence-electron chi connectivity index (χ4n) is 3.99. The lowest BCUT2D eigenvalue weighted by molar-refractivity contribution is 0.102. The summed E-state index contributed by atoms with van der Waals surface area (Å²) >= 11 is 1.10. The Morgan fingerprint density at radius 1 is 1.06 bits per heavy atom. The van der Waals surface area contributed by atoms with Crippen LogP contribution in [-0.2, 0) is 20.6 Å². The third-order valence-electron chi connectivity index (χ3n) is 5.92. The maximum atomic E-state index is 13.5. The molecule has 1 aliphatic heterocycles.